The van der Waals surface area contributed by atoms with Crippen LogP contribution in [0.1, 0.15) is 34.1 Å². The number of carbonyl (C=O) groups excluding carboxylic acids is 3. The van der Waals surface area contributed by atoms with Crippen molar-refractivity contribution in [3.63, 3.8) is 0 Å². The van der Waals surface area contributed by atoms with E-state index in [2.05, 4.69) is 37.0 Å². The summed E-state index contributed by atoms with van der Waals surface area (Å²) in [4.78, 5) is 58.6. The number of halogens is 2. The predicted molar refractivity (Wildman–Crippen MR) is 227 cm³/mol. The average molecular weight is 856 g/mol. The van der Waals surface area contributed by atoms with E-state index in [0.29, 0.717) is 66.7 Å². The molecule has 0 spiro atoms. The van der Waals surface area contributed by atoms with E-state index < -0.39 is 12.3 Å². The van der Waals surface area contributed by atoms with Gasteiger partial charge in [0.05, 0.1) is 50.8 Å². The molecule has 62 heavy (non-hydrogen) atoms. The Morgan fingerprint density at radius 2 is 1.15 bits per heavy atom. The summed E-state index contributed by atoms with van der Waals surface area (Å²) in [5.41, 5.74) is 9.07. The molecule has 7 rings (SSSR count). The number of alkyl halides is 2. The van der Waals surface area contributed by atoms with Crippen molar-refractivity contribution in [2.24, 2.45) is 5.73 Å². The number of rotatable bonds is 12. The van der Waals surface area contributed by atoms with Crippen molar-refractivity contribution in [1.29, 1.82) is 0 Å². The number of hydrogen-bond acceptors (Lipinski definition) is 13. The van der Waals surface area contributed by atoms with Gasteiger partial charge in [0.15, 0.2) is 5.78 Å². The zero-order valence-electron chi connectivity index (χ0n) is 35.2. The molecular weight excluding hydrogens is 805 g/mol. The van der Waals surface area contributed by atoms with Gasteiger partial charge in [0.25, 0.3) is 5.89 Å². The number of nitrogens with two attached hydrogens (primary N) is 1. The summed E-state index contributed by atoms with van der Waals surface area (Å²) in [6, 6.07) is 21.3. The van der Waals surface area contributed by atoms with Crippen LogP contribution in [-0.4, -0.2) is 145 Å². The van der Waals surface area contributed by atoms with Gasteiger partial charge in [-0.25, -0.2) is 9.59 Å². The number of benzene rings is 2. The lowest BCUT2D eigenvalue weighted by molar-refractivity contribution is 0.100. The van der Waals surface area contributed by atoms with Gasteiger partial charge in [0, 0.05) is 81.7 Å². The maximum Gasteiger partial charge on any atom is 0.324 e. The number of amides is 4. The number of hydrogen-bond donors (Lipinski definition) is 1. The fourth-order valence-corrected chi connectivity index (χ4v) is 6.61. The van der Waals surface area contributed by atoms with Gasteiger partial charge in [-0.15, -0.1) is 10.2 Å². The largest absolute Gasteiger partial charge is 0.497 e. The van der Waals surface area contributed by atoms with E-state index in [1.807, 2.05) is 53.2 Å². The van der Waals surface area contributed by atoms with Crippen molar-refractivity contribution in [3.05, 3.63) is 108 Å². The van der Waals surface area contributed by atoms with Crippen LogP contribution < -0.4 is 25.0 Å². The highest BCUT2D eigenvalue weighted by Crippen LogP contribution is 2.26. The van der Waals surface area contributed by atoms with E-state index in [0.717, 1.165) is 37.6 Å². The van der Waals surface area contributed by atoms with E-state index >= 15 is 0 Å². The highest BCUT2D eigenvalue weighted by molar-refractivity contribution is 5.97. The summed E-state index contributed by atoms with van der Waals surface area (Å²) < 4.78 is 40.8. The van der Waals surface area contributed by atoms with Crippen molar-refractivity contribution in [2.45, 2.75) is 19.5 Å². The lowest BCUT2D eigenvalue weighted by atomic mass is 10.1. The van der Waals surface area contributed by atoms with Crippen LogP contribution >= 0.6 is 0 Å². The number of urea groups is 2. The molecule has 3 aromatic heterocycles. The maximum absolute atomic E-state index is 13.4. The van der Waals surface area contributed by atoms with Crippen molar-refractivity contribution in [1.82, 2.24) is 39.8 Å². The first kappa shape index (κ1) is 45.0. The van der Waals surface area contributed by atoms with Crippen LogP contribution in [0, 0.1) is 0 Å². The van der Waals surface area contributed by atoms with E-state index in [-0.39, 0.29) is 36.8 Å². The summed E-state index contributed by atoms with van der Waals surface area (Å²) in [6.45, 7) is 6.40. The van der Waals surface area contributed by atoms with Crippen LogP contribution in [0.5, 0.6) is 11.5 Å². The molecule has 5 aromatic rings. The highest BCUT2D eigenvalue weighted by Gasteiger charge is 2.28. The lowest BCUT2D eigenvalue weighted by Gasteiger charge is -2.36. The lowest BCUT2D eigenvalue weighted by Crippen LogP contribution is -2.52. The normalized spacial score (nSPS) is 14.5. The molecule has 4 amide bonds. The quantitative estimate of drug-likeness (QED) is 0.165. The summed E-state index contributed by atoms with van der Waals surface area (Å²) in [5, 5.41) is 6.96. The second kappa shape index (κ2) is 21.3. The molecule has 2 N–H and O–H groups in total. The second-order valence-electron chi connectivity index (χ2n) is 14.7. The molecule has 0 saturated carbocycles. The van der Waals surface area contributed by atoms with Crippen LogP contribution in [0.15, 0.2) is 89.6 Å². The minimum absolute atomic E-state index is 0.0372. The molecule has 19 heteroatoms. The molecule has 2 aliphatic heterocycles. The van der Waals surface area contributed by atoms with Crippen LogP contribution in [-0.2, 0) is 13.1 Å². The fourth-order valence-electron chi connectivity index (χ4n) is 6.61. The van der Waals surface area contributed by atoms with Crippen molar-refractivity contribution < 1.29 is 37.1 Å². The minimum atomic E-state index is -2.84. The number of likely N-dealkylation sites (N-methyl/N-ethyl adjacent to an activating group) is 2. The number of nitrogens with zero attached hydrogens (tertiary/aromatic N) is 10. The molecule has 2 saturated heterocycles. The Kier molecular flexibility index (Phi) is 15.4. The monoisotopic (exact) mass is 855 g/mol. The fraction of sp³-hybridized carbons (Fsp3) is 0.372. The number of Topliss-reactive ketones (excluding diaryl/α,β-unsaturated/α-hetero) is 1. The SMILES string of the molecule is COc1ccc(N(Cc2ccc(-c3nnc(C(F)F)o3)cn2)C(=O)N2CCN(C)CC2)cc1.COc1ccc(N(Cc2ccc(C(=O)CN)cn2)C(=O)N2CCN(C)CC2)cc1. The number of carbonyl (C=O) groups is 3. The van der Waals surface area contributed by atoms with Crippen LogP contribution in [0.3, 0.4) is 0 Å². The van der Waals surface area contributed by atoms with E-state index in [4.69, 9.17) is 19.6 Å². The number of pyridine rings is 2. The topological polar surface area (TPSA) is 180 Å². The number of anilines is 2. The van der Waals surface area contributed by atoms with E-state index in [1.165, 1.54) is 12.4 Å². The molecular formula is C43H51F2N11O6. The van der Waals surface area contributed by atoms with E-state index in [1.54, 1.807) is 60.4 Å². The average Bonchev–Trinajstić information content (AvgIpc) is 3.82. The Labute approximate surface area is 358 Å². The second-order valence-corrected chi connectivity index (χ2v) is 14.7. The minimum Gasteiger partial charge on any atom is -0.497 e. The molecule has 0 radical (unpaired) electrons. The summed E-state index contributed by atoms with van der Waals surface area (Å²) in [6.07, 6.45) is 0.138. The van der Waals surface area contributed by atoms with Crippen LogP contribution in [0.4, 0.5) is 29.7 Å². The van der Waals surface area contributed by atoms with Gasteiger partial charge in [-0.1, -0.05) is 0 Å². The summed E-state index contributed by atoms with van der Waals surface area (Å²) in [7, 11) is 7.27. The molecule has 2 fully saturated rings. The Morgan fingerprint density at radius 1 is 0.677 bits per heavy atom. The number of ketones is 1. The van der Waals surface area contributed by atoms with Gasteiger partial charge < -0.3 is 39.2 Å². The Morgan fingerprint density at radius 3 is 1.52 bits per heavy atom. The van der Waals surface area contributed by atoms with Gasteiger partial charge in [0.2, 0.25) is 5.89 Å². The zero-order valence-corrected chi connectivity index (χ0v) is 35.2. The molecule has 0 bridgehead atoms. The Hall–Kier alpha value is -6.57. The first-order valence-corrected chi connectivity index (χ1v) is 20.0. The van der Waals surface area contributed by atoms with Gasteiger partial charge in [-0.3, -0.25) is 24.6 Å². The molecule has 0 aliphatic carbocycles. The van der Waals surface area contributed by atoms with Gasteiger partial charge in [-0.2, -0.15) is 8.78 Å². The van der Waals surface area contributed by atoms with Crippen molar-refractivity contribution in [3.8, 4) is 23.0 Å². The van der Waals surface area contributed by atoms with Gasteiger partial charge in [-0.05, 0) is 86.9 Å². The summed E-state index contributed by atoms with van der Waals surface area (Å²) >= 11 is 0. The Bertz CT molecular complexity index is 2210. The van der Waals surface area contributed by atoms with Crippen LogP contribution in [0.25, 0.3) is 11.5 Å². The zero-order chi connectivity index (χ0) is 44.2. The molecule has 328 valence electrons. The Balaban J connectivity index is 0.000000209. The van der Waals surface area contributed by atoms with E-state index in [9.17, 15) is 23.2 Å². The third-order valence-corrected chi connectivity index (χ3v) is 10.4. The predicted octanol–water partition coefficient (Wildman–Crippen LogP) is 5.06. The number of methoxy groups -OCH3 is 2. The summed E-state index contributed by atoms with van der Waals surface area (Å²) in [5.74, 6) is 0.478. The molecule has 2 aromatic carbocycles. The molecule has 0 unspecified atom stereocenters. The molecule has 2 aliphatic rings. The molecule has 17 nitrogen and oxygen atoms in total. The van der Waals surface area contributed by atoms with Gasteiger partial charge in [0.1, 0.15) is 11.5 Å². The molecule has 5 heterocycles. The third kappa shape index (κ3) is 11.6. The standard InChI is InChI=1S/C22H24F2N6O3.C21H27N5O3/c1-28-9-11-29(12-10-28)22(31)30(17-5-7-18(32-2)8-6-17)14-16-4-3-15(13-25-16)20-26-27-21(33-20)19(23)24;1-24-9-11-25(12-10-24)21(28)26(18-5-7-19(29-2)8-6-18)15-17-4-3-16(14-23-17)20(27)13-22/h3-8,13,19H,9-12,14H2,1-2H3;3-8,14H,9-13,15,22H2,1-2H3. The van der Waals surface area contributed by atoms with Gasteiger partial charge >= 0.3 is 18.5 Å². The number of piperazine rings is 2. The van der Waals surface area contributed by atoms with Crippen molar-refractivity contribution >= 4 is 29.2 Å². The highest BCUT2D eigenvalue weighted by atomic mass is 19.3. The number of aromatic nitrogens is 4. The van der Waals surface area contributed by atoms with Crippen LogP contribution in [0.2, 0.25) is 0 Å². The number of ether oxygens (including phenoxy) is 2. The first-order chi connectivity index (χ1) is 30.0. The maximum atomic E-state index is 13.4. The molecule has 0 atom stereocenters. The smallest absolute Gasteiger partial charge is 0.324 e. The van der Waals surface area contributed by atoms with Crippen molar-refractivity contribution in [2.75, 3.05) is 97.0 Å². The first-order valence-electron chi connectivity index (χ1n) is 20.0. The third-order valence-electron chi connectivity index (χ3n) is 10.4.